The molecular formula is C29H35N7. The highest BCUT2D eigenvalue weighted by molar-refractivity contribution is 5.55. The molecule has 1 fully saturated rings. The fourth-order valence-electron chi connectivity index (χ4n) is 5.59. The molecule has 36 heavy (non-hydrogen) atoms. The van der Waals surface area contributed by atoms with Crippen molar-refractivity contribution >= 4 is 0 Å². The first kappa shape index (κ1) is 24.2. The number of tetrazole rings is 1. The van der Waals surface area contributed by atoms with Crippen LogP contribution in [0, 0.1) is 13.8 Å². The number of benzene rings is 2. The summed E-state index contributed by atoms with van der Waals surface area (Å²) in [4.78, 5) is 5.18. The van der Waals surface area contributed by atoms with E-state index >= 15 is 0 Å². The molecule has 2 aromatic carbocycles. The smallest absolute Gasteiger partial charge is 0.204 e. The van der Waals surface area contributed by atoms with Crippen molar-refractivity contribution in [3.63, 3.8) is 0 Å². The van der Waals surface area contributed by atoms with Gasteiger partial charge in [-0.2, -0.15) is 5.21 Å². The van der Waals surface area contributed by atoms with Gasteiger partial charge in [0, 0.05) is 54.4 Å². The minimum Gasteiger partial charge on any atom is -0.319 e. The lowest BCUT2D eigenvalue weighted by Gasteiger charge is -2.47. The summed E-state index contributed by atoms with van der Waals surface area (Å²) in [5.74, 6) is 0.610. The van der Waals surface area contributed by atoms with Crippen molar-refractivity contribution < 1.29 is 0 Å². The van der Waals surface area contributed by atoms with E-state index in [9.17, 15) is 0 Å². The summed E-state index contributed by atoms with van der Waals surface area (Å²) in [6.07, 6.45) is 2.01. The largest absolute Gasteiger partial charge is 0.319 e. The molecule has 2 aromatic heterocycles. The van der Waals surface area contributed by atoms with Crippen LogP contribution in [0.15, 0.2) is 73.3 Å². The molecule has 1 saturated heterocycles. The molecule has 1 N–H and O–H groups in total. The van der Waals surface area contributed by atoms with Gasteiger partial charge in [-0.25, -0.2) is 0 Å². The Kier molecular flexibility index (Phi) is 6.85. The number of nitrogens with one attached hydrogen (secondary N) is 1. The summed E-state index contributed by atoms with van der Waals surface area (Å²) in [5, 5.41) is 14.5. The highest BCUT2D eigenvalue weighted by atomic mass is 15.5. The Morgan fingerprint density at radius 3 is 2.39 bits per heavy atom. The molecule has 1 aliphatic rings. The molecule has 0 bridgehead atoms. The standard InChI is InChI=1S/C29H35N7/c1-6-16-34-18-23(5)35(19-22(34)4)28(24-12-14-25(15-13-24)29-30-32-33-31-29)26-8-7-9-27(17-26)36-20(2)10-11-21(36)3/h6-15,17,22-23,28H,1,16,18-19H2,2-5H3,(H,30,31,32,33)/t22-,23+,28-/m1/s1. The van der Waals surface area contributed by atoms with Crippen LogP contribution in [0.2, 0.25) is 0 Å². The van der Waals surface area contributed by atoms with Crippen molar-refractivity contribution in [2.75, 3.05) is 19.6 Å². The molecule has 3 heterocycles. The van der Waals surface area contributed by atoms with E-state index in [1.54, 1.807) is 0 Å². The van der Waals surface area contributed by atoms with E-state index in [0.29, 0.717) is 17.9 Å². The predicted octanol–water partition coefficient (Wildman–Crippen LogP) is 4.94. The van der Waals surface area contributed by atoms with E-state index in [1.165, 1.54) is 28.2 Å². The van der Waals surface area contributed by atoms with Crippen LogP contribution in [0.4, 0.5) is 0 Å². The minimum absolute atomic E-state index is 0.128. The van der Waals surface area contributed by atoms with E-state index in [2.05, 4.69) is 130 Å². The Bertz CT molecular complexity index is 1290. The van der Waals surface area contributed by atoms with E-state index in [1.807, 2.05) is 6.08 Å². The lowest BCUT2D eigenvalue weighted by atomic mass is 9.92. The average Bonchev–Trinajstić information content (AvgIpc) is 3.53. The van der Waals surface area contributed by atoms with Crippen molar-refractivity contribution in [1.82, 2.24) is 35.0 Å². The molecule has 1 aliphatic heterocycles. The van der Waals surface area contributed by atoms with Gasteiger partial charge in [0.2, 0.25) is 5.82 Å². The maximum atomic E-state index is 4.14. The van der Waals surface area contributed by atoms with Crippen molar-refractivity contribution in [2.45, 2.75) is 45.8 Å². The predicted molar refractivity (Wildman–Crippen MR) is 144 cm³/mol. The van der Waals surface area contributed by atoms with Gasteiger partial charge in [-0.15, -0.1) is 16.8 Å². The number of aromatic nitrogens is 5. The first-order valence-corrected chi connectivity index (χ1v) is 12.7. The first-order valence-electron chi connectivity index (χ1n) is 12.7. The molecule has 186 valence electrons. The van der Waals surface area contributed by atoms with Gasteiger partial charge in [-0.05, 0) is 68.3 Å². The van der Waals surface area contributed by atoms with Crippen LogP contribution in [0.3, 0.4) is 0 Å². The van der Waals surface area contributed by atoms with Gasteiger partial charge < -0.3 is 4.57 Å². The number of hydrogen-bond donors (Lipinski definition) is 1. The summed E-state index contributed by atoms with van der Waals surface area (Å²) in [6.45, 7) is 15.9. The molecule has 0 radical (unpaired) electrons. The lowest BCUT2D eigenvalue weighted by molar-refractivity contribution is 0.0307. The molecule has 0 unspecified atom stereocenters. The Labute approximate surface area is 213 Å². The summed E-state index contributed by atoms with van der Waals surface area (Å²) in [7, 11) is 0. The second-order valence-electron chi connectivity index (χ2n) is 9.94. The number of aryl methyl sites for hydroxylation is 2. The van der Waals surface area contributed by atoms with Crippen molar-refractivity contribution in [1.29, 1.82) is 0 Å². The third-order valence-electron chi connectivity index (χ3n) is 7.40. The molecule has 0 saturated carbocycles. The Morgan fingerprint density at radius 2 is 1.72 bits per heavy atom. The van der Waals surface area contributed by atoms with Crippen molar-refractivity contribution in [3.05, 3.63) is 95.8 Å². The Balaban J connectivity index is 1.56. The van der Waals surface area contributed by atoms with Gasteiger partial charge in [0.15, 0.2) is 0 Å². The first-order chi connectivity index (χ1) is 17.5. The zero-order chi connectivity index (χ0) is 25.2. The zero-order valence-corrected chi connectivity index (χ0v) is 21.6. The summed E-state index contributed by atoms with van der Waals surface area (Å²) in [6, 6.07) is 22.9. The quantitative estimate of drug-likeness (QED) is 0.379. The maximum Gasteiger partial charge on any atom is 0.204 e. The van der Waals surface area contributed by atoms with Gasteiger partial charge in [0.05, 0.1) is 6.04 Å². The Hall–Kier alpha value is -3.55. The molecule has 7 heteroatoms. The molecule has 0 amide bonds. The van der Waals surface area contributed by atoms with Crippen LogP contribution in [-0.4, -0.2) is 66.7 Å². The van der Waals surface area contributed by atoms with Crippen molar-refractivity contribution in [2.24, 2.45) is 0 Å². The highest BCUT2D eigenvalue weighted by Gasteiger charge is 2.34. The summed E-state index contributed by atoms with van der Waals surface area (Å²) >= 11 is 0. The Morgan fingerprint density at radius 1 is 0.972 bits per heavy atom. The van der Waals surface area contributed by atoms with Gasteiger partial charge in [0.1, 0.15) is 0 Å². The van der Waals surface area contributed by atoms with E-state index in [0.717, 1.165) is 25.2 Å². The van der Waals surface area contributed by atoms with Crippen LogP contribution in [0.1, 0.15) is 42.4 Å². The summed E-state index contributed by atoms with van der Waals surface area (Å²) in [5.41, 5.74) is 7.19. The molecule has 3 atom stereocenters. The van der Waals surface area contributed by atoms with E-state index in [4.69, 9.17) is 0 Å². The van der Waals surface area contributed by atoms with E-state index < -0.39 is 0 Å². The second kappa shape index (κ2) is 10.2. The van der Waals surface area contributed by atoms with Crippen LogP contribution in [0.5, 0.6) is 0 Å². The lowest BCUT2D eigenvalue weighted by Crippen LogP contribution is -2.57. The van der Waals surface area contributed by atoms with Crippen LogP contribution >= 0.6 is 0 Å². The van der Waals surface area contributed by atoms with Crippen LogP contribution in [0.25, 0.3) is 17.1 Å². The molecule has 4 aromatic rings. The van der Waals surface area contributed by atoms with Crippen LogP contribution < -0.4 is 0 Å². The highest BCUT2D eigenvalue weighted by Crippen LogP contribution is 2.35. The van der Waals surface area contributed by atoms with Crippen molar-refractivity contribution in [3.8, 4) is 17.1 Å². The number of hydrogen-bond acceptors (Lipinski definition) is 5. The number of rotatable bonds is 7. The third kappa shape index (κ3) is 4.64. The average molecular weight is 482 g/mol. The monoisotopic (exact) mass is 481 g/mol. The van der Waals surface area contributed by atoms with Gasteiger partial charge >= 0.3 is 0 Å². The fraction of sp³-hybridized carbons (Fsp3) is 0.345. The number of piperazine rings is 1. The van der Waals surface area contributed by atoms with Crippen LogP contribution in [-0.2, 0) is 0 Å². The maximum absolute atomic E-state index is 4.14. The number of H-pyrrole nitrogens is 1. The van der Waals surface area contributed by atoms with Gasteiger partial charge in [-0.1, -0.05) is 42.5 Å². The molecule has 0 aliphatic carbocycles. The van der Waals surface area contributed by atoms with E-state index in [-0.39, 0.29) is 6.04 Å². The topological polar surface area (TPSA) is 65.9 Å². The fourth-order valence-corrected chi connectivity index (χ4v) is 5.59. The third-order valence-corrected chi connectivity index (χ3v) is 7.40. The SMILES string of the molecule is C=CCN1C[C@H](C)N([C@H](c2ccc(-c3nn[nH]n3)cc2)c2cccc(-n3c(C)ccc3C)c2)C[C@H]1C. The minimum atomic E-state index is 0.128. The van der Waals surface area contributed by atoms with Gasteiger partial charge in [-0.3, -0.25) is 9.80 Å². The van der Waals surface area contributed by atoms with Gasteiger partial charge in [0.25, 0.3) is 0 Å². The molecular weight excluding hydrogens is 446 g/mol. The number of nitrogens with zero attached hydrogens (tertiary/aromatic N) is 6. The number of aromatic amines is 1. The molecule has 5 rings (SSSR count). The second-order valence-corrected chi connectivity index (χ2v) is 9.94. The zero-order valence-electron chi connectivity index (χ0n) is 21.6. The molecule has 7 nitrogen and oxygen atoms in total. The summed E-state index contributed by atoms with van der Waals surface area (Å²) < 4.78 is 2.33. The normalized spacial score (nSPS) is 19.9. The molecule has 0 spiro atoms.